The maximum absolute atomic E-state index is 12.4. The second-order valence-electron chi connectivity index (χ2n) is 6.81. The smallest absolute Gasteiger partial charge is 0.244 e. The van der Waals surface area contributed by atoms with Gasteiger partial charge in [0, 0.05) is 38.8 Å². The first kappa shape index (κ1) is 23.1. The number of aryl methyl sites for hydroxylation is 2. The lowest BCUT2D eigenvalue weighted by Gasteiger charge is -2.15. The molecule has 2 rings (SSSR count). The topological polar surface area (TPSA) is 84.3 Å². The van der Waals surface area contributed by atoms with Crippen LogP contribution in [0.3, 0.4) is 0 Å². The van der Waals surface area contributed by atoms with Crippen molar-refractivity contribution >= 4 is 33.6 Å². The first-order valence-corrected chi connectivity index (χ1v) is 11.2. The van der Waals surface area contributed by atoms with Gasteiger partial charge in [0.25, 0.3) is 0 Å². The second-order valence-corrected chi connectivity index (χ2v) is 9.29. The maximum atomic E-state index is 12.4. The molecule has 1 aromatic heterocycles. The zero-order chi connectivity index (χ0) is 21.6. The van der Waals surface area contributed by atoms with Crippen molar-refractivity contribution in [2.24, 2.45) is 0 Å². The summed E-state index contributed by atoms with van der Waals surface area (Å²) in [7, 11) is -0.647. The van der Waals surface area contributed by atoms with Crippen LogP contribution in [0.4, 0.5) is 0 Å². The summed E-state index contributed by atoms with van der Waals surface area (Å²) in [6.07, 6.45) is 5.02. The van der Waals surface area contributed by atoms with E-state index in [-0.39, 0.29) is 17.3 Å². The SMILES string of the molecule is CCCCn1nc(C)c(/C=C/C(=O)NCc2ccccc2S(=O)(=O)N(C)C)c1Cl. The summed E-state index contributed by atoms with van der Waals surface area (Å²) >= 11 is 6.37. The molecule has 0 bridgehead atoms. The van der Waals surface area contributed by atoms with E-state index in [1.807, 2.05) is 6.92 Å². The van der Waals surface area contributed by atoms with Crippen LogP contribution >= 0.6 is 11.6 Å². The molecule has 2 aromatic rings. The molecular formula is C20H27ClN4O3S. The van der Waals surface area contributed by atoms with Gasteiger partial charge in [0.1, 0.15) is 5.15 Å². The van der Waals surface area contributed by atoms with E-state index in [0.717, 1.165) is 29.4 Å². The third-order valence-corrected chi connectivity index (χ3v) is 6.73. The van der Waals surface area contributed by atoms with E-state index in [1.54, 1.807) is 29.0 Å². The Morgan fingerprint density at radius 1 is 1.31 bits per heavy atom. The number of aromatic nitrogens is 2. The van der Waals surface area contributed by atoms with Crippen molar-refractivity contribution in [2.45, 2.75) is 44.7 Å². The molecule has 0 spiro atoms. The number of hydrogen-bond donors (Lipinski definition) is 1. The molecule has 0 saturated heterocycles. The molecule has 29 heavy (non-hydrogen) atoms. The lowest BCUT2D eigenvalue weighted by Crippen LogP contribution is -2.26. The van der Waals surface area contributed by atoms with Gasteiger partial charge in [0.05, 0.1) is 10.6 Å². The molecule has 1 amide bonds. The summed E-state index contributed by atoms with van der Waals surface area (Å²) in [4.78, 5) is 12.4. The molecule has 158 valence electrons. The first-order valence-electron chi connectivity index (χ1n) is 9.37. The summed E-state index contributed by atoms with van der Waals surface area (Å²) in [6.45, 7) is 4.76. The number of nitrogens with zero attached hydrogens (tertiary/aromatic N) is 3. The molecule has 0 aliphatic carbocycles. The Morgan fingerprint density at radius 3 is 2.66 bits per heavy atom. The highest BCUT2D eigenvalue weighted by atomic mass is 35.5. The average molecular weight is 439 g/mol. The predicted molar refractivity (Wildman–Crippen MR) is 115 cm³/mol. The fourth-order valence-corrected chi connectivity index (χ4v) is 4.15. The average Bonchev–Trinajstić information content (AvgIpc) is 2.96. The van der Waals surface area contributed by atoms with Gasteiger partial charge in [0.15, 0.2) is 0 Å². The van der Waals surface area contributed by atoms with Crippen molar-refractivity contribution in [3.8, 4) is 0 Å². The summed E-state index contributed by atoms with van der Waals surface area (Å²) in [6, 6.07) is 6.60. The molecule has 0 atom stereocenters. The Balaban J connectivity index is 2.10. The van der Waals surface area contributed by atoms with Crippen LogP contribution in [-0.2, 0) is 27.9 Å². The number of rotatable bonds is 9. The van der Waals surface area contributed by atoms with E-state index in [0.29, 0.717) is 16.3 Å². The van der Waals surface area contributed by atoms with Gasteiger partial charge >= 0.3 is 0 Å². The molecule has 0 radical (unpaired) electrons. The van der Waals surface area contributed by atoms with Gasteiger partial charge in [0.2, 0.25) is 15.9 Å². The quantitative estimate of drug-likeness (QED) is 0.609. The van der Waals surface area contributed by atoms with E-state index >= 15 is 0 Å². The van der Waals surface area contributed by atoms with Gasteiger partial charge in [-0.05, 0) is 31.1 Å². The minimum Gasteiger partial charge on any atom is -0.348 e. The number of carbonyl (C=O) groups excluding carboxylic acids is 1. The summed E-state index contributed by atoms with van der Waals surface area (Å²) in [5.74, 6) is -0.348. The normalized spacial score (nSPS) is 12.1. The van der Waals surface area contributed by atoms with E-state index in [1.165, 1.54) is 26.2 Å². The zero-order valence-corrected chi connectivity index (χ0v) is 18.7. The second kappa shape index (κ2) is 10.0. The first-order chi connectivity index (χ1) is 13.7. The van der Waals surface area contributed by atoms with Crippen LogP contribution in [0.25, 0.3) is 6.08 Å². The van der Waals surface area contributed by atoms with Crippen LogP contribution in [0.2, 0.25) is 5.15 Å². The Hall–Kier alpha value is -2.16. The molecule has 1 aromatic carbocycles. The number of sulfonamides is 1. The summed E-state index contributed by atoms with van der Waals surface area (Å²) in [5, 5.41) is 7.63. The Bertz CT molecular complexity index is 997. The monoisotopic (exact) mass is 438 g/mol. The highest BCUT2D eigenvalue weighted by Gasteiger charge is 2.20. The fraction of sp³-hybridized carbons (Fsp3) is 0.400. The molecule has 0 fully saturated rings. The van der Waals surface area contributed by atoms with Gasteiger partial charge in [-0.2, -0.15) is 5.10 Å². The highest BCUT2D eigenvalue weighted by Crippen LogP contribution is 2.22. The third kappa shape index (κ3) is 5.68. The molecular weight excluding hydrogens is 412 g/mol. The lowest BCUT2D eigenvalue weighted by atomic mass is 10.2. The van der Waals surface area contributed by atoms with Crippen LogP contribution < -0.4 is 5.32 Å². The van der Waals surface area contributed by atoms with Crippen molar-refractivity contribution < 1.29 is 13.2 Å². The number of hydrogen-bond acceptors (Lipinski definition) is 4. The van der Waals surface area contributed by atoms with E-state index in [9.17, 15) is 13.2 Å². The molecule has 1 N–H and O–H groups in total. The van der Waals surface area contributed by atoms with Gasteiger partial charge < -0.3 is 5.32 Å². The molecule has 9 heteroatoms. The van der Waals surface area contributed by atoms with Gasteiger partial charge in [-0.25, -0.2) is 12.7 Å². The molecule has 0 aliphatic heterocycles. The zero-order valence-electron chi connectivity index (χ0n) is 17.1. The van der Waals surface area contributed by atoms with Gasteiger partial charge in [-0.1, -0.05) is 43.1 Å². The van der Waals surface area contributed by atoms with E-state index in [2.05, 4.69) is 17.3 Å². The molecule has 1 heterocycles. The van der Waals surface area contributed by atoms with Gasteiger partial charge in [-0.15, -0.1) is 0 Å². The fourth-order valence-electron chi connectivity index (χ4n) is 2.71. The van der Waals surface area contributed by atoms with Crippen molar-refractivity contribution in [3.05, 3.63) is 52.3 Å². The molecule has 0 unspecified atom stereocenters. The lowest BCUT2D eigenvalue weighted by molar-refractivity contribution is -0.116. The van der Waals surface area contributed by atoms with Crippen molar-refractivity contribution in [2.75, 3.05) is 14.1 Å². The minimum atomic E-state index is -3.59. The largest absolute Gasteiger partial charge is 0.348 e. The maximum Gasteiger partial charge on any atom is 0.244 e. The van der Waals surface area contributed by atoms with Crippen molar-refractivity contribution in [1.82, 2.24) is 19.4 Å². The number of amides is 1. The van der Waals surface area contributed by atoms with Crippen LogP contribution in [0.1, 0.15) is 36.6 Å². The standard InChI is InChI=1S/C20H27ClN4O3S/c1-5-6-13-25-20(21)17(15(2)23-25)11-12-19(26)22-14-16-9-7-8-10-18(16)29(27,28)24(3)4/h7-12H,5-6,13-14H2,1-4H3,(H,22,26)/b12-11+. The number of nitrogens with one attached hydrogen (secondary N) is 1. The highest BCUT2D eigenvalue weighted by molar-refractivity contribution is 7.89. The van der Waals surface area contributed by atoms with Crippen LogP contribution in [0.5, 0.6) is 0 Å². The van der Waals surface area contributed by atoms with Gasteiger partial charge in [-0.3, -0.25) is 9.48 Å². The number of carbonyl (C=O) groups is 1. The van der Waals surface area contributed by atoms with Crippen LogP contribution in [0, 0.1) is 6.92 Å². The van der Waals surface area contributed by atoms with Crippen molar-refractivity contribution in [1.29, 1.82) is 0 Å². The predicted octanol–water partition coefficient (Wildman–Crippen LogP) is 3.22. The molecule has 0 aliphatic rings. The molecule has 7 nitrogen and oxygen atoms in total. The van der Waals surface area contributed by atoms with Crippen LogP contribution in [0.15, 0.2) is 35.2 Å². The van der Waals surface area contributed by atoms with Crippen LogP contribution in [-0.4, -0.2) is 42.5 Å². The molecule has 0 saturated carbocycles. The van der Waals surface area contributed by atoms with E-state index in [4.69, 9.17) is 11.6 Å². The number of halogens is 1. The minimum absolute atomic E-state index is 0.0922. The number of benzene rings is 1. The van der Waals surface area contributed by atoms with E-state index < -0.39 is 10.0 Å². The Morgan fingerprint density at radius 2 is 2.00 bits per heavy atom. The Labute approximate surface area is 177 Å². The summed E-state index contributed by atoms with van der Waals surface area (Å²) < 4.78 is 27.8. The summed E-state index contributed by atoms with van der Waals surface area (Å²) in [5.41, 5.74) is 1.97. The van der Waals surface area contributed by atoms with Crippen molar-refractivity contribution in [3.63, 3.8) is 0 Å². The Kier molecular flexibility index (Phi) is 8.01. The number of unbranched alkanes of at least 4 members (excludes halogenated alkanes) is 1. The third-order valence-electron chi connectivity index (χ3n) is 4.42.